The topological polar surface area (TPSA) is 98.4 Å². The zero-order chi connectivity index (χ0) is 21.1. The van der Waals surface area contributed by atoms with Gasteiger partial charge in [0.05, 0.1) is 25.9 Å². The first-order valence-corrected chi connectivity index (χ1v) is 9.57. The van der Waals surface area contributed by atoms with Crippen LogP contribution < -0.4 is 34.5 Å². The molecule has 0 radical (unpaired) electrons. The molecular weight excluding hydrogens is 390 g/mol. The van der Waals surface area contributed by atoms with Gasteiger partial charge in [-0.25, -0.2) is 4.79 Å². The number of ether oxygens (including phenoxy) is 4. The van der Waals surface area contributed by atoms with Crippen LogP contribution in [-0.2, 0) is 4.79 Å². The van der Waals surface area contributed by atoms with Crippen molar-refractivity contribution in [3.63, 3.8) is 0 Å². The van der Waals surface area contributed by atoms with Crippen molar-refractivity contribution < 1.29 is 28.5 Å². The zero-order valence-corrected chi connectivity index (χ0v) is 16.8. The first kappa shape index (κ1) is 19.7. The Bertz CT molecular complexity index is 964. The van der Waals surface area contributed by atoms with Gasteiger partial charge >= 0.3 is 6.03 Å². The molecule has 0 saturated carbocycles. The van der Waals surface area contributed by atoms with Gasteiger partial charge < -0.3 is 34.5 Å². The number of anilines is 2. The maximum absolute atomic E-state index is 12.5. The number of benzene rings is 2. The smallest absolute Gasteiger partial charge is 0.319 e. The van der Waals surface area contributed by atoms with Gasteiger partial charge in [0, 0.05) is 30.8 Å². The molecular formula is C21H23N3O6. The van der Waals surface area contributed by atoms with E-state index in [0.29, 0.717) is 54.1 Å². The second kappa shape index (κ2) is 8.40. The second-order valence-corrected chi connectivity index (χ2v) is 6.90. The molecule has 2 aromatic carbocycles. The van der Waals surface area contributed by atoms with E-state index in [1.165, 1.54) is 7.11 Å². The number of carbonyl (C=O) groups is 2. The summed E-state index contributed by atoms with van der Waals surface area (Å²) in [6, 6.07) is 9.75. The van der Waals surface area contributed by atoms with E-state index in [4.69, 9.17) is 18.9 Å². The molecule has 2 aliphatic rings. The van der Waals surface area contributed by atoms with Gasteiger partial charge in [-0.15, -0.1) is 0 Å². The first-order chi connectivity index (χ1) is 14.6. The molecule has 30 heavy (non-hydrogen) atoms. The van der Waals surface area contributed by atoms with E-state index >= 15 is 0 Å². The van der Waals surface area contributed by atoms with Gasteiger partial charge in [-0.3, -0.25) is 4.79 Å². The highest BCUT2D eigenvalue weighted by atomic mass is 16.6. The molecule has 0 unspecified atom stereocenters. The third-order valence-electron chi connectivity index (χ3n) is 4.95. The summed E-state index contributed by atoms with van der Waals surface area (Å²) >= 11 is 0. The number of carbonyl (C=O) groups excluding carboxylic acids is 2. The van der Waals surface area contributed by atoms with E-state index in [1.807, 2.05) is 6.07 Å². The molecule has 0 bridgehead atoms. The summed E-state index contributed by atoms with van der Waals surface area (Å²) in [6.07, 6.45) is 0.205. The molecule has 3 amide bonds. The largest absolute Gasteiger partial charge is 0.497 e. The summed E-state index contributed by atoms with van der Waals surface area (Å²) in [5.74, 6) is 2.30. The molecule has 0 spiro atoms. The van der Waals surface area contributed by atoms with Gasteiger partial charge in [0.2, 0.25) is 5.91 Å². The number of nitrogens with one attached hydrogen (secondary N) is 2. The van der Waals surface area contributed by atoms with Crippen LogP contribution in [0.5, 0.6) is 23.0 Å². The van der Waals surface area contributed by atoms with E-state index in [1.54, 1.807) is 42.3 Å². The summed E-state index contributed by atoms with van der Waals surface area (Å²) < 4.78 is 21.6. The quantitative estimate of drug-likeness (QED) is 0.781. The van der Waals surface area contributed by atoms with Crippen molar-refractivity contribution in [2.75, 3.05) is 44.2 Å². The van der Waals surface area contributed by atoms with Crippen LogP contribution in [0.25, 0.3) is 0 Å². The Morgan fingerprint density at radius 2 is 1.87 bits per heavy atom. The normalized spacial score (nSPS) is 17.5. The highest BCUT2D eigenvalue weighted by molar-refractivity contribution is 5.98. The van der Waals surface area contributed by atoms with Crippen molar-refractivity contribution in [3.05, 3.63) is 36.4 Å². The summed E-state index contributed by atoms with van der Waals surface area (Å²) in [5.41, 5.74) is 1.19. The van der Waals surface area contributed by atoms with Crippen molar-refractivity contribution in [1.82, 2.24) is 5.32 Å². The summed E-state index contributed by atoms with van der Waals surface area (Å²) in [6.45, 7) is 1.35. The minimum Gasteiger partial charge on any atom is -0.497 e. The number of methoxy groups -OCH3 is 2. The fourth-order valence-corrected chi connectivity index (χ4v) is 3.51. The zero-order valence-electron chi connectivity index (χ0n) is 16.8. The fraction of sp³-hybridized carbons (Fsp3) is 0.333. The lowest BCUT2D eigenvalue weighted by molar-refractivity contribution is -0.117. The lowest BCUT2D eigenvalue weighted by Gasteiger charge is -2.22. The Morgan fingerprint density at radius 3 is 2.63 bits per heavy atom. The summed E-state index contributed by atoms with van der Waals surface area (Å²) in [4.78, 5) is 26.6. The van der Waals surface area contributed by atoms with E-state index in [9.17, 15) is 9.59 Å². The predicted molar refractivity (Wildman–Crippen MR) is 110 cm³/mol. The standard InChI is InChI=1S/C21H23N3O6/c1-27-15-4-6-17(28-2)16(11-15)23-21(26)22-13-9-20(25)24(12-13)14-3-5-18-19(10-14)30-8-7-29-18/h3-6,10-11,13H,7-9,12H2,1-2H3,(H2,22,23,26)/t13-/m1/s1. The van der Waals surface area contributed by atoms with Crippen molar-refractivity contribution in [3.8, 4) is 23.0 Å². The van der Waals surface area contributed by atoms with Crippen LogP contribution in [0.2, 0.25) is 0 Å². The van der Waals surface area contributed by atoms with Crippen LogP contribution in [0.4, 0.5) is 16.2 Å². The number of amides is 3. The number of urea groups is 1. The van der Waals surface area contributed by atoms with Gasteiger partial charge in [-0.2, -0.15) is 0 Å². The number of hydrogen-bond donors (Lipinski definition) is 2. The minimum absolute atomic E-state index is 0.0732. The van der Waals surface area contributed by atoms with Crippen LogP contribution >= 0.6 is 0 Å². The van der Waals surface area contributed by atoms with Crippen LogP contribution in [0.3, 0.4) is 0 Å². The predicted octanol–water partition coefficient (Wildman–Crippen LogP) is 2.40. The van der Waals surface area contributed by atoms with Crippen molar-refractivity contribution in [1.29, 1.82) is 0 Å². The Hall–Kier alpha value is -3.62. The van der Waals surface area contributed by atoms with Gasteiger partial charge in [0.15, 0.2) is 11.5 Å². The molecule has 4 rings (SSSR count). The number of fused-ring (bicyclic) bond motifs is 1. The molecule has 158 valence electrons. The third-order valence-corrected chi connectivity index (χ3v) is 4.95. The maximum Gasteiger partial charge on any atom is 0.319 e. The molecule has 1 atom stereocenters. The number of hydrogen-bond acceptors (Lipinski definition) is 6. The van der Waals surface area contributed by atoms with Crippen molar-refractivity contribution in [2.45, 2.75) is 12.5 Å². The van der Waals surface area contributed by atoms with Crippen LogP contribution in [-0.4, -0.2) is 52.0 Å². The highest BCUT2D eigenvalue weighted by Gasteiger charge is 2.32. The molecule has 2 aliphatic heterocycles. The van der Waals surface area contributed by atoms with E-state index in [2.05, 4.69) is 10.6 Å². The number of nitrogens with zero attached hydrogens (tertiary/aromatic N) is 1. The first-order valence-electron chi connectivity index (χ1n) is 9.57. The highest BCUT2D eigenvalue weighted by Crippen LogP contribution is 2.35. The van der Waals surface area contributed by atoms with Crippen LogP contribution in [0.1, 0.15) is 6.42 Å². The van der Waals surface area contributed by atoms with E-state index in [0.717, 1.165) is 0 Å². The maximum atomic E-state index is 12.5. The molecule has 1 fully saturated rings. The fourth-order valence-electron chi connectivity index (χ4n) is 3.51. The molecule has 0 aromatic heterocycles. The molecule has 0 aliphatic carbocycles. The Balaban J connectivity index is 1.41. The lowest BCUT2D eigenvalue weighted by Crippen LogP contribution is -2.39. The van der Waals surface area contributed by atoms with Crippen LogP contribution in [0.15, 0.2) is 36.4 Å². The SMILES string of the molecule is COc1ccc(OC)c(NC(=O)N[C@@H]2CC(=O)N(c3ccc4c(c3)OCCO4)C2)c1. The average molecular weight is 413 g/mol. The average Bonchev–Trinajstić information content (AvgIpc) is 3.12. The number of rotatable bonds is 5. The lowest BCUT2D eigenvalue weighted by atomic mass is 10.2. The molecule has 9 nitrogen and oxygen atoms in total. The Labute approximate surface area is 173 Å². The van der Waals surface area contributed by atoms with E-state index < -0.39 is 6.03 Å². The second-order valence-electron chi connectivity index (χ2n) is 6.90. The Morgan fingerprint density at radius 1 is 1.07 bits per heavy atom. The molecule has 1 saturated heterocycles. The van der Waals surface area contributed by atoms with E-state index in [-0.39, 0.29) is 18.4 Å². The molecule has 2 aromatic rings. The molecule has 9 heteroatoms. The van der Waals surface area contributed by atoms with Gasteiger partial charge in [-0.1, -0.05) is 0 Å². The Kier molecular flexibility index (Phi) is 5.51. The van der Waals surface area contributed by atoms with Gasteiger partial charge in [0.1, 0.15) is 24.7 Å². The molecule has 2 N–H and O–H groups in total. The van der Waals surface area contributed by atoms with Crippen molar-refractivity contribution in [2.24, 2.45) is 0 Å². The molecule has 2 heterocycles. The van der Waals surface area contributed by atoms with Gasteiger partial charge in [-0.05, 0) is 24.3 Å². The summed E-state index contributed by atoms with van der Waals surface area (Å²) in [7, 11) is 3.06. The minimum atomic E-state index is -0.427. The van der Waals surface area contributed by atoms with Crippen LogP contribution in [0, 0.1) is 0 Å². The third kappa shape index (κ3) is 4.05. The van der Waals surface area contributed by atoms with Crippen molar-refractivity contribution >= 4 is 23.3 Å². The summed E-state index contributed by atoms with van der Waals surface area (Å²) in [5, 5.41) is 5.60. The monoisotopic (exact) mass is 413 g/mol. The van der Waals surface area contributed by atoms with Gasteiger partial charge in [0.25, 0.3) is 0 Å².